The third-order valence-corrected chi connectivity index (χ3v) is 1.86. The average Bonchev–Trinajstić information content (AvgIpc) is 2.46. The van der Waals surface area contributed by atoms with E-state index in [4.69, 9.17) is 0 Å². The number of nitrogens with one attached hydrogen (secondary N) is 1. The lowest BCUT2D eigenvalue weighted by Crippen LogP contribution is -2.08. The summed E-state index contributed by atoms with van der Waals surface area (Å²) in [5.41, 5.74) is 0. The van der Waals surface area contributed by atoms with E-state index in [0.29, 0.717) is 0 Å². The topological polar surface area (TPSA) is 12.0 Å². The second-order valence-corrected chi connectivity index (χ2v) is 2.65. The summed E-state index contributed by atoms with van der Waals surface area (Å²) >= 11 is 0. The molecule has 0 spiro atoms. The van der Waals surface area contributed by atoms with Gasteiger partial charge in [0.1, 0.15) is 0 Å². The Balaban J connectivity index is 0. The van der Waals surface area contributed by atoms with Crippen molar-refractivity contribution < 1.29 is 1.43 Å². The summed E-state index contributed by atoms with van der Waals surface area (Å²) in [5, 5.41) is 3.36. The number of rotatable bonds is 2. The van der Waals surface area contributed by atoms with Crippen molar-refractivity contribution in [3.63, 3.8) is 0 Å². The highest BCUT2D eigenvalue weighted by atomic mass is 14.9. The van der Waals surface area contributed by atoms with Crippen molar-refractivity contribution in [2.75, 3.05) is 13.1 Å². The molecule has 1 heteroatoms. The Labute approximate surface area is 66.7 Å². The first-order valence-corrected chi connectivity index (χ1v) is 4.64. The van der Waals surface area contributed by atoms with Gasteiger partial charge in [-0.2, -0.15) is 0 Å². The van der Waals surface area contributed by atoms with Crippen LogP contribution in [0, 0.1) is 5.92 Å². The van der Waals surface area contributed by atoms with E-state index in [-0.39, 0.29) is 1.43 Å². The maximum Gasteiger partial charge on any atom is 0 e. The Morgan fingerprint density at radius 3 is 2.60 bits per heavy atom. The van der Waals surface area contributed by atoms with Gasteiger partial charge >= 0.3 is 0 Å². The molecule has 1 aliphatic heterocycles. The highest BCUT2D eigenvalue weighted by Crippen LogP contribution is 2.12. The number of hydrogen-bond donors (Lipinski definition) is 1. The molecule has 1 nitrogen and oxygen atoms in total. The van der Waals surface area contributed by atoms with Crippen LogP contribution in [-0.2, 0) is 0 Å². The third-order valence-electron chi connectivity index (χ3n) is 1.86. The van der Waals surface area contributed by atoms with E-state index in [9.17, 15) is 0 Å². The molecule has 0 aromatic rings. The molecule has 1 fully saturated rings. The van der Waals surface area contributed by atoms with Gasteiger partial charge in [0, 0.05) is 1.43 Å². The molecular weight excluding hydrogens is 122 g/mol. The second-order valence-electron chi connectivity index (χ2n) is 2.65. The largest absolute Gasteiger partial charge is 0.316 e. The molecule has 1 unspecified atom stereocenters. The van der Waals surface area contributed by atoms with Crippen molar-refractivity contribution in [2.45, 2.75) is 40.0 Å². The Morgan fingerprint density at radius 1 is 1.50 bits per heavy atom. The molecule has 0 amide bonds. The lowest BCUT2D eigenvalue weighted by Gasteiger charge is -2.02. The van der Waals surface area contributed by atoms with E-state index < -0.39 is 0 Å². The summed E-state index contributed by atoms with van der Waals surface area (Å²) in [5.74, 6) is 1.000. The van der Waals surface area contributed by atoms with Gasteiger partial charge in [-0.15, -0.1) is 0 Å². The van der Waals surface area contributed by atoms with Crippen LogP contribution in [0.3, 0.4) is 0 Å². The second kappa shape index (κ2) is 7.07. The predicted octanol–water partition coefficient (Wildman–Crippen LogP) is 2.67. The van der Waals surface area contributed by atoms with Crippen LogP contribution in [0.25, 0.3) is 0 Å². The predicted molar refractivity (Wildman–Crippen MR) is 49.3 cm³/mol. The van der Waals surface area contributed by atoms with E-state index in [1.807, 2.05) is 13.8 Å². The van der Waals surface area contributed by atoms with Crippen LogP contribution in [0.15, 0.2) is 0 Å². The first kappa shape index (κ1) is 9.96. The zero-order valence-electron chi connectivity index (χ0n) is 7.61. The SMILES string of the molecule is CC.CCCC1CCNC1.[HH]. The maximum absolute atomic E-state index is 3.36. The molecule has 1 atom stereocenters. The van der Waals surface area contributed by atoms with Gasteiger partial charge in [-0.25, -0.2) is 0 Å². The average molecular weight is 145 g/mol. The zero-order chi connectivity index (χ0) is 7.82. The molecule has 1 aliphatic rings. The summed E-state index contributed by atoms with van der Waals surface area (Å²) in [4.78, 5) is 0. The van der Waals surface area contributed by atoms with Crippen LogP contribution in [0.5, 0.6) is 0 Å². The Hall–Kier alpha value is -0.0400. The van der Waals surface area contributed by atoms with E-state index in [0.717, 1.165) is 5.92 Å². The molecule has 0 aromatic carbocycles. The Morgan fingerprint density at radius 2 is 2.20 bits per heavy atom. The molecule has 0 aliphatic carbocycles. The fraction of sp³-hybridized carbons (Fsp3) is 1.00. The first-order valence-electron chi connectivity index (χ1n) is 4.64. The van der Waals surface area contributed by atoms with Gasteiger partial charge < -0.3 is 5.32 Å². The standard InChI is InChI=1S/C7H15N.C2H6.H2/c1-2-3-7-4-5-8-6-7;1-2;/h7-8H,2-6H2,1H3;1-2H3;1H. The van der Waals surface area contributed by atoms with Gasteiger partial charge in [-0.05, 0) is 31.8 Å². The van der Waals surface area contributed by atoms with Crippen molar-refractivity contribution in [1.29, 1.82) is 0 Å². The van der Waals surface area contributed by atoms with E-state index in [2.05, 4.69) is 12.2 Å². The summed E-state index contributed by atoms with van der Waals surface area (Å²) in [6.07, 6.45) is 4.19. The molecule has 10 heavy (non-hydrogen) atoms. The lowest BCUT2D eigenvalue weighted by molar-refractivity contribution is 0.525. The van der Waals surface area contributed by atoms with E-state index in [1.54, 1.807) is 0 Å². The van der Waals surface area contributed by atoms with Crippen molar-refractivity contribution in [2.24, 2.45) is 5.92 Å². The fourth-order valence-electron chi connectivity index (χ4n) is 1.37. The monoisotopic (exact) mass is 145 g/mol. The van der Waals surface area contributed by atoms with Gasteiger partial charge in [-0.1, -0.05) is 27.2 Å². The molecule has 0 aromatic heterocycles. The minimum Gasteiger partial charge on any atom is -0.316 e. The molecule has 1 N–H and O–H groups in total. The quantitative estimate of drug-likeness (QED) is 0.630. The molecule has 1 rings (SSSR count). The third kappa shape index (κ3) is 3.89. The van der Waals surface area contributed by atoms with Crippen LogP contribution in [0.2, 0.25) is 0 Å². The molecule has 0 radical (unpaired) electrons. The molecule has 0 bridgehead atoms. The Kier molecular flexibility index (Phi) is 7.04. The van der Waals surface area contributed by atoms with Crippen LogP contribution >= 0.6 is 0 Å². The number of hydrogen-bond acceptors (Lipinski definition) is 1. The van der Waals surface area contributed by atoms with Gasteiger partial charge in [0.15, 0.2) is 0 Å². The summed E-state index contributed by atoms with van der Waals surface area (Å²) < 4.78 is 0. The highest BCUT2D eigenvalue weighted by Gasteiger charge is 2.11. The van der Waals surface area contributed by atoms with Gasteiger partial charge in [0.05, 0.1) is 0 Å². The van der Waals surface area contributed by atoms with Crippen molar-refractivity contribution >= 4 is 0 Å². The molecule has 64 valence electrons. The molecule has 1 heterocycles. The molecule has 0 saturated carbocycles. The van der Waals surface area contributed by atoms with Crippen molar-refractivity contribution in [3.05, 3.63) is 0 Å². The van der Waals surface area contributed by atoms with Crippen molar-refractivity contribution in [1.82, 2.24) is 5.32 Å². The Bertz CT molecular complexity index is 60.6. The van der Waals surface area contributed by atoms with Crippen LogP contribution < -0.4 is 5.32 Å². The normalized spacial score (nSPS) is 23.7. The maximum atomic E-state index is 3.36. The first-order chi connectivity index (χ1) is 4.93. The lowest BCUT2D eigenvalue weighted by atomic mass is 10.0. The van der Waals surface area contributed by atoms with E-state index in [1.165, 1.54) is 32.4 Å². The smallest absolute Gasteiger partial charge is 0 e. The van der Waals surface area contributed by atoms with Gasteiger partial charge in [0.2, 0.25) is 0 Å². The summed E-state index contributed by atoms with van der Waals surface area (Å²) in [6.45, 7) is 8.79. The highest BCUT2D eigenvalue weighted by molar-refractivity contribution is 4.69. The zero-order valence-corrected chi connectivity index (χ0v) is 7.61. The summed E-state index contributed by atoms with van der Waals surface area (Å²) in [7, 11) is 0. The van der Waals surface area contributed by atoms with Crippen molar-refractivity contribution in [3.8, 4) is 0 Å². The fourth-order valence-corrected chi connectivity index (χ4v) is 1.37. The minimum atomic E-state index is 0. The van der Waals surface area contributed by atoms with Gasteiger partial charge in [-0.3, -0.25) is 0 Å². The van der Waals surface area contributed by atoms with Gasteiger partial charge in [0.25, 0.3) is 0 Å². The minimum absolute atomic E-state index is 0. The van der Waals surface area contributed by atoms with Crippen LogP contribution in [0.4, 0.5) is 0 Å². The summed E-state index contributed by atoms with van der Waals surface area (Å²) in [6, 6.07) is 0. The molecule has 1 saturated heterocycles. The van der Waals surface area contributed by atoms with Crippen LogP contribution in [0.1, 0.15) is 41.5 Å². The van der Waals surface area contributed by atoms with Crippen LogP contribution in [-0.4, -0.2) is 13.1 Å². The molecular formula is C9H23N. The van der Waals surface area contributed by atoms with E-state index >= 15 is 0 Å².